The Balaban J connectivity index is 3.05. The highest BCUT2D eigenvalue weighted by atomic mass is 16.5. The van der Waals surface area contributed by atoms with Crippen LogP contribution in [0.5, 0.6) is 0 Å². The molecule has 0 fully saturated rings. The van der Waals surface area contributed by atoms with E-state index in [-0.39, 0.29) is 0 Å². The van der Waals surface area contributed by atoms with Gasteiger partial charge < -0.3 is 10.1 Å². The van der Waals surface area contributed by atoms with Crippen LogP contribution in [0, 0.1) is 5.92 Å². The summed E-state index contributed by atoms with van der Waals surface area (Å²) in [5.74, 6) is 0.720. The first-order valence-corrected chi connectivity index (χ1v) is 5.98. The van der Waals surface area contributed by atoms with E-state index in [2.05, 4.69) is 33.0 Å². The van der Waals surface area contributed by atoms with Crippen LogP contribution < -0.4 is 5.32 Å². The maximum absolute atomic E-state index is 5.59. The van der Waals surface area contributed by atoms with Crippen LogP contribution in [0.4, 0.5) is 0 Å². The van der Waals surface area contributed by atoms with E-state index in [0.29, 0.717) is 6.04 Å². The first kappa shape index (κ1) is 13.9. The standard InChI is InChI=1S/C12H27NO/c1-5-7-12(4)10-14-9-6-8-13-11(2)3/h11-13H,5-10H2,1-4H3. The summed E-state index contributed by atoms with van der Waals surface area (Å²) < 4.78 is 5.59. The molecule has 2 nitrogen and oxygen atoms in total. The predicted octanol–water partition coefficient (Wildman–Crippen LogP) is 2.83. The quantitative estimate of drug-likeness (QED) is 0.579. The zero-order valence-electron chi connectivity index (χ0n) is 10.3. The van der Waals surface area contributed by atoms with Gasteiger partial charge in [-0.05, 0) is 25.3 Å². The lowest BCUT2D eigenvalue weighted by atomic mass is 10.1. The van der Waals surface area contributed by atoms with Crippen molar-refractivity contribution in [3.63, 3.8) is 0 Å². The van der Waals surface area contributed by atoms with Gasteiger partial charge in [0, 0.05) is 19.3 Å². The van der Waals surface area contributed by atoms with Crippen LogP contribution in [0.3, 0.4) is 0 Å². The monoisotopic (exact) mass is 201 g/mol. The summed E-state index contributed by atoms with van der Waals surface area (Å²) in [6.45, 7) is 11.7. The van der Waals surface area contributed by atoms with Crippen molar-refractivity contribution in [3.05, 3.63) is 0 Å². The molecule has 0 aliphatic rings. The molecule has 1 N–H and O–H groups in total. The Kier molecular flexibility index (Phi) is 9.42. The minimum absolute atomic E-state index is 0.592. The maximum atomic E-state index is 5.59. The fourth-order valence-electron chi connectivity index (χ4n) is 1.43. The highest BCUT2D eigenvalue weighted by molar-refractivity contribution is 4.53. The van der Waals surface area contributed by atoms with Gasteiger partial charge in [0.05, 0.1) is 0 Å². The van der Waals surface area contributed by atoms with Crippen LogP contribution in [0.2, 0.25) is 0 Å². The maximum Gasteiger partial charge on any atom is 0.0491 e. The molecule has 86 valence electrons. The summed E-state index contributed by atoms with van der Waals surface area (Å²) in [5.41, 5.74) is 0. The SMILES string of the molecule is CCCC(C)COCCCNC(C)C. The molecule has 0 spiro atoms. The Hall–Kier alpha value is -0.0800. The summed E-state index contributed by atoms with van der Waals surface area (Å²) in [7, 11) is 0. The van der Waals surface area contributed by atoms with Crippen LogP contribution in [0.1, 0.15) is 47.0 Å². The van der Waals surface area contributed by atoms with Gasteiger partial charge in [-0.1, -0.05) is 34.1 Å². The van der Waals surface area contributed by atoms with Gasteiger partial charge in [0.25, 0.3) is 0 Å². The molecule has 2 heteroatoms. The Labute approximate surface area is 89.4 Å². The third-order valence-corrected chi connectivity index (χ3v) is 2.20. The highest BCUT2D eigenvalue weighted by Crippen LogP contribution is 2.04. The van der Waals surface area contributed by atoms with E-state index in [1.807, 2.05) is 0 Å². The van der Waals surface area contributed by atoms with Crippen molar-refractivity contribution in [2.45, 2.75) is 53.0 Å². The average molecular weight is 201 g/mol. The van der Waals surface area contributed by atoms with Gasteiger partial charge in [0.15, 0.2) is 0 Å². The molecule has 0 saturated heterocycles. The molecule has 0 aliphatic carbocycles. The average Bonchev–Trinajstić information content (AvgIpc) is 2.11. The van der Waals surface area contributed by atoms with Crippen molar-refractivity contribution in [2.75, 3.05) is 19.8 Å². The van der Waals surface area contributed by atoms with Crippen LogP contribution in [-0.4, -0.2) is 25.8 Å². The number of ether oxygens (including phenoxy) is 1. The summed E-state index contributed by atoms with van der Waals surface area (Å²) >= 11 is 0. The van der Waals surface area contributed by atoms with Gasteiger partial charge in [-0.2, -0.15) is 0 Å². The third-order valence-electron chi connectivity index (χ3n) is 2.20. The molecule has 0 amide bonds. The normalized spacial score (nSPS) is 13.5. The third kappa shape index (κ3) is 10.0. The Bertz CT molecular complexity index is 115. The molecule has 0 heterocycles. The lowest BCUT2D eigenvalue weighted by Crippen LogP contribution is -2.24. The van der Waals surface area contributed by atoms with Gasteiger partial charge in [-0.3, -0.25) is 0 Å². The van der Waals surface area contributed by atoms with Gasteiger partial charge in [-0.15, -0.1) is 0 Å². The Morgan fingerprint density at radius 3 is 2.50 bits per heavy atom. The molecular formula is C12H27NO. The summed E-state index contributed by atoms with van der Waals surface area (Å²) in [5, 5.41) is 3.38. The smallest absolute Gasteiger partial charge is 0.0491 e. The fraction of sp³-hybridized carbons (Fsp3) is 1.00. The fourth-order valence-corrected chi connectivity index (χ4v) is 1.43. The van der Waals surface area contributed by atoms with Gasteiger partial charge in [0.1, 0.15) is 0 Å². The van der Waals surface area contributed by atoms with Gasteiger partial charge >= 0.3 is 0 Å². The molecule has 0 aromatic heterocycles. The minimum atomic E-state index is 0.592. The Morgan fingerprint density at radius 2 is 1.93 bits per heavy atom. The molecular weight excluding hydrogens is 174 g/mol. The van der Waals surface area contributed by atoms with E-state index in [0.717, 1.165) is 32.1 Å². The van der Waals surface area contributed by atoms with E-state index in [4.69, 9.17) is 4.74 Å². The zero-order chi connectivity index (χ0) is 10.8. The second-order valence-electron chi connectivity index (χ2n) is 4.43. The molecule has 0 aliphatic heterocycles. The second kappa shape index (κ2) is 9.47. The summed E-state index contributed by atoms with van der Waals surface area (Å²) in [4.78, 5) is 0. The molecule has 0 rings (SSSR count). The molecule has 0 saturated carbocycles. The van der Waals surface area contributed by atoms with E-state index >= 15 is 0 Å². The van der Waals surface area contributed by atoms with E-state index in [1.54, 1.807) is 0 Å². The van der Waals surface area contributed by atoms with E-state index < -0.39 is 0 Å². The lowest BCUT2D eigenvalue weighted by molar-refractivity contribution is 0.0995. The molecule has 1 atom stereocenters. The summed E-state index contributed by atoms with van der Waals surface area (Å²) in [6.07, 6.45) is 3.67. The Morgan fingerprint density at radius 1 is 1.21 bits per heavy atom. The molecule has 0 bridgehead atoms. The van der Waals surface area contributed by atoms with Crippen LogP contribution in [-0.2, 0) is 4.74 Å². The van der Waals surface area contributed by atoms with Crippen molar-refractivity contribution in [2.24, 2.45) is 5.92 Å². The molecule has 0 aromatic rings. The van der Waals surface area contributed by atoms with Crippen molar-refractivity contribution in [1.29, 1.82) is 0 Å². The van der Waals surface area contributed by atoms with Crippen molar-refractivity contribution >= 4 is 0 Å². The van der Waals surface area contributed by atoms with Crippen molar-refractivity contribution in [3.8, 4) is 0 Å². The minimum Gasteiger partial charge on any atom is -0.381 e. The van der Waals surface area contributed by atoms with E-state index in [1.165, 1.54) is 12.8 Å². The van der Waals surface area contributed by atoms with E-state index in [9.17, 15) is 0 Å². The van der Waals surface area contributed by atoms with Gasteiger partial charge in [-0.25, -0.2) is 0 Å². The molecule has 1 unspecified atom stereocenters. The molecule has 0 radical (unpaired) electrons. The van der Waals surface area contributed by atoms with Gasteiger partial charge in [0.2, 0.25) is 0 Å². The number of hydrogen-bond donors (Lipinski definition) is 1. The van der Waals surface area contributed by atoms with Crippen LogP contribution in [0.15, 0.2) is 0 Å². The first-order valence-electron chi connectivity index (χ1n) is 5.98. The predicted molar refractivity (Wildman–Crippen MR) is 62.6 cm³/mol. The van der Waals surface area contributed by atoms with Crippen LogP contribution in [0.25, 0.3) is 0 Å². The van der Waals surface area contributed by atoms with Crippen LogP contribution >= 0.6 is 0 Å². The lowest BCUT2D eigenvalue weighted by Gasteiger charge is -2.11. The molecule has 14 heavy (non-hydrogen) atoms. The van der Waals surface area contributed by atoms with Crippen molar-refractivity contribution in [1.82, 2.24) is 5.32 Å². The van der Waals surface area contributed by atoms with Crippen molar-refractivity contribution < 1.29 is 4.74 Å². The number of rotatable bonds is 9. The topological polar surface area (TPSA) is 21.3 Å². The first-order chi connectivity index (χ1) is 6.66. The zero-order valence-corrected chi connectivity index (χ0v) is 10.3. The highest BCUT2D eigenvalue weighted by Gasteiger charge is 1.99. The number of nitrogens with one attached hydrogen (secondary N) is 1. The number of hydrogen-bond acceptors (Lipinski definition) is 2. The molecule has 0 aromatic carbocycles. The summed E-state index contributed by atoms with van der Waals surface area (Å²) in [6, 6.07) is 0.592. The largest absolute Gasteiger partial charge is 0.381 e. The second-order valence-corrected chi connectivity index (χ2v) is 4.43.